The minimum atomic E-state index is -2.83. The van der Waals surface area contributed by atoms with Crippen molar-refractivity contribution in [1.29, 1.82) is 0 Å². The van der Waals surface area contributed by atoms with Gasteiger partial charge in [0.15, 0.2) is 10.8 Å². The largest absolute Gasteiger partial charge is 0.453 e. The first kappa shape index (κ1) is 24.3. The number of aliphatic imine (C=N–C) groups is 1. The maximum atomic E-state index is 13.9. The van der Waals surface area contributed by atoms with Crippen LogP contribution >= 0.6 is 22.9 Å². The Hall–Kier alpha value is -3.38. The number of nitrogens with zero attached hydrogens (tertiary/aromatic N) is 5. The van der Waals surface area contributed by atoms with Crippen molar-refractivity contribution < 1.29 is 22.7 Å². The SMILES string of the molecule is COC(=O)N[C@]1(C)CC2=C(c3ccn(C(F)F)n3)[C@H](c3ccc(F)cc3Cl)N=C(c3nccs3)N2C1. The molecule has 188 valence electrons. The van der Waals surface area contributed by atoms with E-state index in [4.69, 9.17) is 21.3 Å². The van der Waals surface area contributed by atoms with Gasteiger partial charge in [-0.05, 0) is 25.1 Å². The molecule has 0 bridgehead atoms. The number of nitrogens with one attached hydrogen (secondary N) is 1. The third-order valence-electron chi connectivity index (χ3n) is 6.04. The van der Waals surface area contributed by atoms with E-state index in [2.05, 4.69) is 15.4 Å². The molecule has 1 aromatic carbocycles. The number of amidine groups is 1. The summed E-state index contributed by atoms with van der Waals surface area (Å²) in [7, 11) is 1.28. The second-order valence-electron chi connectivity index (χ2n) is 8.62. The van der Waals surface area contributed by atoms with E-state index in [0.717, 1.165) is 0 Å². The fourth-order valence-corrected chi connectivity index (χ4v) is 5.45. The first-order chi connectivity index (χ1) is 17.2. The average Bonchev–Trinajstić information content (AvgIpc) is 3.58. The van der Waals surface area contributed by atoms with E-state index in [1.54, 1.807) is 6.20 Å². The van der Waals surface area contributed by atoms with Crippen molar-refractivity contribution in [2.75, 3.05) is 13.7 Å². The molecule has 2 atom stereocenters. The van der Waals surface area contributed by atoms with Crippen LogP contribution in [0.2, 0.25) is 5.02 Å². The lowest BCUT2D eigenvalue weighted by Crippen LogP contribution is -2.48. The number of carbonyl (C=O) groups is 1. The summed E-state index contributed by atoms with van der Waals surface area (Å²) >= 11 is 7.83. The molecule has 0 spiro atoms. The summed E-state index contributed by atoms with van der Waals surface area (Å²) in [6, 6.07) is 4.66. The standard InChI is InChI=1S/C23H20ClF3N6O2S/c1-23(30-22(34)35-2)10-16-17(15-5-7-33(31-15)21(26)27)18(13-4-3-12(25)9-14(13)24)29-19(32(16)11-23)20-28-6-8-36-20/h3-9,18,21H,10-11H2,1-2H3,(H,30,34)/t18-,23+/m0/s1. The number of amides is 1. The number of hydrogen-bond acceptors (Lipinski definition) is 7. The molecule has 1 saturated heterocycles. The number of hydrogen-bond donors (Lipinski definition) is 1. The van der Waals surface area contributed by atoms with E-state index >= 15 is 0 Å². The molecular formula is C23H20ClF3N6O2S. The number of alkyl halides is 2. The van der Waals surface area contributed by atoms with Gasteiger partial charge in [-0.2, -0.15) is 13.9 Å². The van der Waals surface area contributed by atoms with Crippen molar-refractivity contribution in [3.05, 3.63) is 74.8 Å². The Kier molecular flexibility index (Phi) is 6.25. The van der Waals surface area contributed by atoms with Crippen molar-refractivity contribution in [2.45, 2.75) is 31.5 Å². The number of rotatable bonds is 5. The number of thiazole rings is 1. The molecule has 1 fully saturated rings. The van der Waals surface area contributed by atoms with Crippen molar-refractivity contribution in [3.8, 4) is 0 Å². The molecule has 2 aromatic heterocycles. The second-order valence-corrected chi connectivity index (χ2v) is 9.92. The summed E-state index contributed by atoms with van der Waals surface area (Å²) in [5, 5.41) is 9.53. The number of ether oxygens (including phenoxy) is 1. The second kappa shape index (κ2) is 9.25. The Morgan fingerprint density at radius 3 is 2.81 bits per heavy atom. The van der Waals surface area contributed by atoms with Gasteiger partial charge in [-0.3, -0.25) is 4.99 Å². The van der Waals surface area contributed by atoms with Gasteiger partial charge in [-0.25, -0.2) is 18.9 Å². The van der Waals surface area contributed by atoms with Crippen LogP contribution in [0.5, 0.6) is 0 Å². The molecule has 36 heavy (non-hydrogen) atoms. The van der Waals surface area contributed by atoms with Crippen LogP contribution in [0.1, 0.15) is 42.2 Å². The van der Waals surface area contributed by atoms with Gasteiger partial charge >= 0.3 is 12.6 Å². The normalized spacial score (nSPS) is 21.6. The van der Waals surface area contributed by atoms with E-state index in [-0.39, 0.29) is 10.7 Å². The number of methoxy groups -OCH3 is 1. The van der Waals surface area contributed by atoms with Crippen LogP contribution in [-0.2, 0) is 4.74 Å². The molecule has 0 unspecified atom stereocenters. The number of alkyl carbamates (subject to hydrolysis) is 1. The van der Waals surface area contributed by atoms with Crippen LogP contribution in [0.3, 0.4) is 0 Å². The predicted octanol–water partition coefficient (Wildman–Crippen LogP) is 5.26. The fourth-order valence-electron chi connectivity index (χ4n) is 4.54. The zero-order chi connectivity index (χ0) is 25.6. The van der Waals surface area contributed by atoms with Crippen molar-refractivity contribution in [3.63, 3.8) is 0 Å². The van der Waals surface area contributed by atoms with Crippen LogP contribution in [0, 0.1) is 5.82 Å². The van der Waals surface area contributed by atoms with Crippen LogP contribution < -0.4 is 5.32 Å². The molecule has 5 rings (SSSR count). The Bertz CT molecular complexity index is 1380. The number of aromatic nitrogens is 3. The van der Waals surface area contributed by atoms with Gasteiger partial charge in [0, 0.05) is 52.6 Å². The lowest BCUT2D eigenvalue weighted by molar-refractivity contribution is 0.0564. The molecule has 3 aromatic rings. The highest BCUT2D eigenvalue weighted by Gasteiger charge is 2.46. The van der Waals surface area contributed by atoms with Gasteiger partial charge in [0.25, 0.3) is 0 Å². The number of fused-ring (bicyclic) bond motifs is 1. The molecule has 2 aliphatic rings. The highest BCUT2D eigenvalue weighted by molar-refractivity contribution is 7.11. The van der Waals surface area contributed by atoms with Gasteiger partial charge < -0.3 is 15.0 Å². The summed E-state index contributed by atoms with van der Waals surface area (Å²) in [6.07, 6.45) is 2.54. The van der Waals surface area contributed by atoms with Crippen LogP contribution in [-0.4, -0.2) is 50.8 Å². The molecule has 1 N–H and O–H groups in total. The smallest absolute Gasteiger partial charge is 0.407 e. The molecule has 4 heterocycles. The fraction of sp³-hybridized carbons (Fsp3) is 0.304. The molecule has 0 radical (unpaired) electrons. The summed E-state index contributed by atoms with van der Waals surface area (Å²) in [5.41, 5.74) is 1.20. The van der Waals surface area contributed by atoms with E-state index < -0.39 is 30.0 Å². The van der Waals surface area contributed by atoms with Crippen LogP contribution in [0.25, 0.3) is 5.57 Å². The highest BCUT2D eigenvalue weighted by Crippen LogP contribution is 2.48. The quantitative estimate of drug-likeness (QED) is 0.481. The number of halogens is 4. The maximum absolute atomic E-state index is 13.9. The molecule has 13 heteroatoms. The topological polar surface area (TPSA) is 84.6 Å². The first-order valence-electron chi connectivity index (χ1n) is 10.8. The van der Waals surface area contributed by atoms with E-state index in [1.807, 2.05) is 17.2 Å². The van der Waals surface area contributed by atoms with Gasteiger partial charge in [0.2, 0.25) is 0 Å². The summed E-state index contributed by atoms with van der Waals surface area (Å²) < 4.78 is 46.1. The average molecular weight is 537 g/mol. The van der Waals surface area contributed by atoms with Crippen molar-refractivity contribution >= 4 is 40.4 Å². The minimum absolute atomic E-state index is 0.135. The third-order valence-corrected chi connectivity index (χ3v) is 7.13. The summed E-state index contributed by atoms with van der Waals surface area (Å²) in [6.45, 7) is -0.663. The molecule has 1 amide bonds. The Balaban J connectivity index is 1.73. The number of benzene rings is 1. The zero-order valence-corrected chi connectivity index (χ0v) is 20.7. The molecular weight excluding hydrogens is 517 g/mol. The van der Waals surface area contributed by atoms with Gasteiger partial charge in [-0.1, -0.05) is 17.7 Å². The lowest BCUT2D eigenvalue weighted by atomic mass is 9.90. The highest BCUT2D eigenvalue weighted by atomic mass is 35.5. The van der Waals surface area contributed by atoms with Crippen molar-refractivity contribution in [1.82, 2.24) is 25.0 Å². The van der Waals surface area contributed by atoms with E-state index in [9.17, 15) is 18.0 Å². The van der Waals surface area contributed by atoms with E-state index in [0.29, 0.717) is 45.3 Å². The Labute approximate surface area is 213 Å². The Morgan fingerprint density at radius 2 is 2.17 bits per heavy atom. The molecule has 0 saturated carbocycles. The lowest BCUT2D eigenvalue weighted by Gasteiger charge is -2.32. The van der Waals surface area contributed by atoms with Gasteiger partial charge in [0.1, 0.15) is 11.9 Å². The zero-order valence-electron chi connectivity index (χ0n) is 19.1. The van der Waals surface area contributed by atoms with Gasteiger partial charge in [0.05, 0.1) is 18.3 Å². The first-order valence-corrected chi connectivity index (χ1v) is 12.1. The van der Waals surface area contributed by atoms with Crippen molar-refractivity contribution in [2.24, 2.45) is 4.99 Å². The Morgan fingerprint density at radius 1 is 1.36 bits per heavy atom. The van der Waals surface area contributed by atoms with E-state index in [1.165, 1.54) is 48.9 Å². The molecule has 2 aliphatic heterocycles. The summed E-state index contributed by atoms with van der Waals surface area (Å²) in [5.74, 6) is 0.00929. The van der Waals surface area contributed by atoms with Crippen LogP contribution in [0.4, 0.5) is 18.0 Å². The van der Waals surface area contributed by atoms with Crippen LogP contribution in [0.15, 0.2) is 52.7 Å². The maximum Gasteiger partial charge on any atom is 0.407 e. The number of carbonyl (C=O) groups excluding carboxylic acids is 1. The minimum Gasteiger partial charge on any atom is -0.453 e. The monoisotopic (exact) mass is 536 g/mol. The summed E-state index contributed by atoms with van der Waals surface area (Å²) in [4.78, 5) is 23.4. The molecule has 8 nitrogen and oxygen atoms in total. The van der Waals surface area contributed by atoms with Gasteiger partial charge in [-0.15, -0.1) is 11.3 Å². The third kappa shape index (κ3) is 4.35. The predicted molar refractivity (Wildman–Crippen MR) is 128 cm³/mol. The molecule has 0 aliphatic carbocycles.